The van der Waals surface area contributed by atoms with Crippen molar-refractivity contribution in [3.63, 3.8) is 0 Å². The maximum atomic E-state index is 6.20. The summed E-state index contributed by atoms with van der Waals surface area (Å²) < 4.78 is 6.02. The van der Waals surface area contributed by atoms with Crippen LogP contribution in [0.5, 0.6) is 5.75 Å². The Labute approximate surface area is 111 Å². The zero-order chi connectivity index (χ0) is 12.8. The molecule has 100 valence electrons. The van der Waals surface area contributed by atoms with Gasteiger partial charge in [-0.2, -0.15) is 0 Å². The van der Waals surface area contributed by atoms with Crippen molar-refractivity contribution in [2.24, 2.45) is 5.73 Å². The largest absolute Gasteiger partial charge is 0.490 e. The Balaban J connectivity index is 1.95. The number of benzene rings is 1. The average molecular weight is 247 g/mol. The highest BCUT2D eigenvalue weighted by atomic mass is 16.5. The van der Waals surface area contributed by atoms with E-state index in [9.17, 15) is 0 Å². The van der Waals surface area contributed by atoms with Crippen LogP contribution in [0.1, 0.15) is 63.5 Å². The molecule has 1 unspecified atom stereocenters. The molecule has 1 aromatic carbocycles. The second kappa shape index (κ2) is 6.79. The number of rotatable bonds is 6. The van der Waals surface area contributed by atoms with Gasteiger partial charge >= 0.3 is 0 Å². The van der Waals surface area contributed by atoms with Crippen LogP contribution in [0.4, 0.5) is 0 Å². The van der Waals surface area contributed by atoms with Crippen LogP contribution in [0.25, 0.3) is 0 Å². The molecule has 0 saturated heterocycles. The van der Waals surface area contributed by atoms with Crippen molar-refractivity contribution in [2.45, 2.75) is 64.0 Å². The summed E-state index contributed by atoms with van der Waals surface area (Å²) >= 11 is 0. The van der Waals surface area contributed by atoms with Gasteiger partial charge in [0.2, 0.25) is 0 Å². The van der Waals surface area contributed by atoms with Gasteiger partial charge in [0.25, 0.3) is 0 Å². The Kier molecular flexibility index (Phi) is 5.06. The lowest BCUT2D eigenvalue weighted by atomic mass is 10.0. The molecule has 2 rings (SSSR count). The molecule has 0 heterocycles. The minimum atomic E-state index is 0.150. The zero-order valence-corrected chi connectivity index (χ0v) is 11.4. The number of nitrogens with two attached hydrogens (primary N) is 1. The summed E-state index contributed by atoms with van der Waals surface area (Å²) in [6.45, 7) is 2.20. The van der Waals surface area contributed by atoms with Crippen LogP contribution in [0, 0.1) is 0 Å². The maximum Gasteiger partial charge on any atom is 0.120 e. The number of unbranched alkanes of at least 4 members (excludes halogenated alkanes) is 1. The highest BCUT2D eigenvalue weighted by molar-refractivity contribution is 5.30. The van der Waals surface area contributed by atoms with E-state index in [1.54, 1.807) is 0 Å². The molecule has 0 radical (unpaired) electrons. The van der Waals surface area contributed by atoms with Gasteiger partial charge in [0.15, 0.2) is 0 Å². The van der Waals surface area contributed by atoms with E-state index in [1.807, 2.05) is 6.07 Å². The molecular weight excluding hydrogens is 222 g/mol. The van der Waals surface area contributed by atoms with Crippen LogP contribution in [0.15, 0.2) is 24.3 Å². The van der Waals surface area contributed by atoms with Crippen molar-refractivity contribution >= 4 is 0 Å². The molecular formula is C16H25NO. The summed E-state index contributed by atoms with van der Waals surface area (Å²) in [6.07, 6.45) is 8.88. The topological polar surface area (TPSA) is 35.2 Å². The second-order valence-electron chi connectivity index (χ2n) is 5.35. The Morgan fingerprint density at radius 2 is 2.11 bits per heavy atom. The van der Waals surface area contributed by atoms with Crippen LogP contribution in [0.2, 0.25) is 0 Å². The molecule has 1 aromatic rings. The average Bonchev–Trinajstić information content (AvgIpc) is 2.89. The Hall–Kier alpha value is -1.02. The van der Waals surface area contributed by atoms with Gasteiger partial charge in [0.1, 0.15) is 5.75 Å². The Morgan fingerprint density at radius 1 is 1.33 bits per heavy atom. The summed E-state index contributed by atoms with van der Waals surface area (Å²) in [5.41, 5.74) is 7.41. The molecule has 2 N–H and O–H groups in total. The molecule has 1 atom stereocenters. The minimum absolute atomic E-state index is 0.150. The van der Waals surface area contributed by atoms with Crippen LogP contribution in [0.3, 0.4) is 0 Å². The van der Waals surface area contributed by atoms with Gasteiger partial charge in [-0.15, -0.1) is 0 Å². The third kappa shape index (κ3) is 3.74. The summed E-state index contributed by atoms with van der Waals surface area (Å²) in [5.74, 6) is 0.992. The molecule has 1 saturated carbocycles. The lowest BCUT2D eigenvalue weighted by Crippen LogP contribution is -2.13. The molecule has 0 bridgehead atoms. The fourth-order valence-electron chi connectivity index (χ4n) is 2.61. The molecule has 1 aliphatic rings. The van der Waals surface area contributed by atoms with Crippen LogP contribution >= 0.6 is 0 Å². The molecule has 18 heavy (non-hydrogen) atoms. The first-order valence-corrected chi connectivity index (χ1v) is 7.32. The third-order valence-corrected chi connectivity index (χ3v) is 3.76. The van der Waals surface area contributed by atoms with E-state index < -0.39 is 0 Å². The molecule has 0 spiro atoms. The van der Waals surface area contributed by atoms with Gasteiger partial charge in [-0.3, -0.25) is 0 Å². The van der Waals surface area contributed by atoms with E-state index in [2.05, 4.69) is 25.1 Å². The fourth-order valence-corrected chi connectivity index (χ4v) is 2.61. The number of hydrogen-bond donors (Lipinski definition) is 1. The van der Waals surface area contributed by atoms with Gasteiger partial charge in [-0.1, -0.05) is 31.9 Å². The lowest BCUT2D eigenvalue weighted by Gasteiger charge is -2.16. The van der Waals surface area contributed by atoms with Gasteiger partial charge in [0, 0.05) is 6.04 Å². The minimum Gasteiger partial charge on any atom is -0.490 e. The predicted molar refractivity (Wildman–Crippen MR) is 75.8 cm³/mol. The first kappa shape index (κ1) is 13.4. The van der Waals surface area contributed by atoms with Crippen molar-refractivity contribution < 1.29 is 4.74 Å². The number of ether oxygens (including phenoxy) is 1. The first-order chi connectivity index (χ1) is 8.79. The molecule has 0 aromatic heterocycles. The highest BCUT2D eigenvalue weighted by Crippen LogP contribution is 2.26. The van der Waals surface area contributed by atoms with Crippen molar-refractivity contribution in [3.8, 4) is 5.75 Å². The molecule has 1 aliphatic carbocycles. The van der Waals surface area contributed by atoms with E-state index in [0.717, 1.165) is 12.2 Å². The normalized spacial score (nSPS) is 17.9. The molecule has 2 nitrogen and oxygen atoms in total. The van der Waals surface area contributed by atoms with E-state index in [0.29, 0.717) is 6.10 Å². The van der Waals surface area contributed by atoms with E-state index in [-0.39, 0.29) is 6.04 Å². The fraction of sp³-hybridized carbons (Fsp3) is 0.625. The van der Waals surface area contributed by atoms with Crippen molar-refractivity contribution in [3.05, 3.63) is 29.8 Å². The molecule has 0 aliphatic heterocycles. The highest BCUT2D eigenvalue weighted by Gasteiger charge is 2.16. The summed E-state index contributed by atoms with van der Waals surface area (Å²) in [6, 6.07) is 8.50. The van der Waals surface area contributed by atoms with Crippen molar-refractivity contribution in [1.29, 1.82) is 0 Å². The van der Waals surface area contributed by atoms with Crippen LogP contribution in [-0.2, 0) is 0 Å². The van der Waals surface area contributed by atoms with Crippen LogP contribution in [-0.4, -0.2) is 6.10 Å². The van der Waals surface area contributed by atoms with Gasteiger partial charge < -0.3 is 10.5 Å². The smallest absolute Gasteiger partial charge is 0.120 e. The standard InChI is InChI=1S/C16H25NO/c1-2-3-11-16(17)13-7-6-10-15(12-13)18-14-8-4-5-9-14/h6-7,10,12,14,16H,2-5,8-9,11,17H2,1H3. The quantitative estimate of drug-likeness (QED) is 0.817. The van der Waals surface area contributed by atoms with Crippen molar-refractivity contribution in [1.82, 2.24) is 0 Å². The SMILES string of the molecule is CCCCC(N)c1cccc(OC2CCCC2)c1. The Morgan fingerprint density at radius 3 is 2.83 bits per heavy atom. The maximum absolute atomic E-state index is 6.20. The lowest BCUT2D eigenvalue weighted by molar-refractivity contribution is 0.209. The first-order valence-electron chi connectivity index (χ1n) is 7.32. The third-order valence-electron chi connectivity index (χ3n) is 3.76. The van der Waals surface area contributed by atoms with E-state index in [4.69, 9.17) is 10.5 Å². The summed E-state index contributed by atoms with van der Waals surface area (Å²) in [7, 11) is 0. The van der Waals surface area contributed by atoms with E-state index in [1.165, 1.54) is 44.1 Å². The van der Waals surface area contributed by atoms with Crippen molar-refractivity contribution in [2.75, 3.05) is 0 Å². The molecule has 1 fully saturated rings. The van der Waals surface area contributed by atoms with Gasteiger partial charge in [-0.05, 0) is 49.8 Å². The Bertz CT molecular complexity index is 358. The zero-order valence-electron chi connectivity index (χ0n) is 11.4. The van der Waals surface area contributed by atoms with E-state index >= 15 is 0 Å². The molecule has 0 amide bonds. The summed E-state index contributed by atoms with van der Waals surface area (Å²) in [4.78, 5) is 0. The monoisotopic (exact) mass is 247 g/mol. The summed E-state index contributed by atoms with van der Waals surface area (Å²) in [5, 5.41) is 0. The number of hydrogen-bond acceptors (Lipinski definition) is 2. The second-order valence-corrected chi connectivity index (χ2v) is 5.35. The van der Waals surface area contributed by atoms with Crippen LogP contribution < -0.4 is 10.5 Å². The predicted octanol–water partition coefficient (Wildman–Crippen LogP) is 4.20. The van der Waals surface area contributed by atoms with Gasteiger partial charge in [0.05, 0.1) is 6.10 Å². The van der Waals surface area contributed by atoms with Gasteiger partial charge in [-0.25, -0.2) is 0 Å². The molecule has 2 heteroatoms.